The number of hydrogen-bond acceptors (Lipinski definition) is 3. The number of carbonyl (C=O) groups excluding carboxylic acids is 1. The van der Waals surface area contributed by atoms with Crippen LogP contribution < -0.4 is 5.73 Å². The van der Waals surface area contributed by atoms with Crippen LogP contribution in [0.3, 0.4) is 0 Å². The molecular formula is C13H19N3O. The van der Waals surface area contributed by atoms with Gasteiger partial charge in [-0.3, -0.25) is 9.78 Å². The van der Waals surface area contributed by atoms with Gasteiger partial charge in [-0.1, -0.05) is 6.07 Å². The Kier molecular flexibility index (Phi) is 3.74. The molecule has 92 valence electrons. The molecule has 2 heterocycles. The van der Waals surface area contributed by atoms with E-state index in [1.807, 2.05) is 24.0 Å². The van der Waals surface area contributed by atoms with Crippen molar-refractivity contribution < 1.29 is 4.79 Å². The lowest BCUT2D eigenvalue weighted by Gasteiger charge is -2.18. The summed E-state index contributed by atoms with van der Waals surface area (Å²) in [7, 11) is 0. The Balaban J connectivity index is 1.90. The van der Waals surface area contributed by atoms with Gasteiger partial charge in [-0.25, -0.2) is 0 Å². The summed E-state index contributed by atoms with van der Waals surface area (Å²) in [6.45, 7) is 3.65. The number of carbonyl (C=O) groups is 1. The van der Waals surface area contributed by atoms with E-state index in [1.54, 1.807) is 12.4 Å². The van der Waals surface area contributed by atoms with E-state index in [2.05, 4.69) is 4.98 Å². The van der Waals surface area contributed by atoms with Gasteiger partial charge in [0, 0.05) is 31.5 Å². The quantitative estimate of drug-likeness (QED) is 0.841. The zero-order chi connectivity index (χ0) is 12.3. The molecule has 1 fully saturated rings. The van der Waals surface area contributed by atoms with Crippen LogP contribution in [0.4, 0.5) is 0 Å². The summed E-state index contributed by atoms with van der Waals surface area (Å²) in [4.78, 5) is 18.0. The standard InChI is InChI=1S/C13H19N3O/c1-10(14)12-4-6-16(9-12)13(17)7-11-3-2-5-15-8-11/h2-3,5,8,10,12H,4,6-7,9,14H2,1H3. The van der Waals surface area contributed by atoms with Crippen LogP contribution in [0.2, 0.25) is 0 Å². The Morgan fingerprint density at radius 2 is 2.53 bits per heavy atom. The molecule has 1 amide bonds. The minimum atomic E-state index is 0.172. The van der Waals surface area contributed by atoms with Crippen molar-refractivity contribution in [3.8, 4) is 0 Å². The Labute approximate surface area is 102 Å². The number of amides is 1. The van der Waals surface area contributed by atoms with Gasteiger partial charge in [0.05, 0.1) is 6.42 Å². The maximum absolute atomic E-state index is 12.0. The number of rotatable bonds is 3. The Hall–Kier alpha value is -1.42. The van der Waals surface area contributed by atoms with Crippen LogP contribution in [-0.2, 0) is 11.2 Å². The van der Waals surface area contributed by atoms with Gasteiger partial charge in [0.15, 0.2) is 0 Å². The van der Waals surface area contributed by atoms with E-state index < -0.39 is 0 Å². The van der Waals surface area contributed by atoms with Crippen LogP contribution in [0, 0.1) is 5.92 Å². The van der Waals surface area contributed by atoms with Crippen LogP contribution in [0.1, 0.15) is 18.9 Å². The van der Waals surface area contributed by atoms with Gasteiger partial charge in [0.25, 0.3) is 0 Å². The fourth-order valence-corrected chi connectivity index (χ4v) is 2.23. The van der Waals surface area contributed by atoms with Crippen LogP contribution in [-0.4, -0.2) is 34.9 Å². The van der Waals surface area contributed by atoms with E-state index in [-0.39, 0.29) is 11.9 Å². The third-order valence-electron chi connectivity index (χ3n) is 3.40. The van der Waals surface area contributed by atoms with Crippen molar-refractivity contribution in [1.29, 1.82) is 0 Å². The first kappa shape index (κ1) is 12.0. The van der Waals surface area contributed by atoms with E-state index >= 15 is 0 Å². The molecule has 4 nitrogen and oxygen atoms in total. The Morgan fingerprint density at radius 3 is 3.12 bits per heavy atom. The van der Waals surface area contributed by atoms with Gasteiger partial charge >= 0.3 is 0 Å². The van der Waals surface area contributed by atoms with Gasteiger partial charge < -0.3 is 10.6 Å². The predicted molar refractivity (Wildman–Crippen MR) is 66.3 cm³/mol. The van der Waals surface area contributed by atoms with Crippen LogP contribution in [0.25, 0.3) is 0 Å². The summed E-state index contributed by atoms with van der Waals surface area (Å²) in [6, 6.07) is 3.97. The molecule has 4 heteroatoms. The highest BCUT2D eigenvalue weighted by molar-refractivity contribution is 5.78. The first-order chi connectivity index (χ1) is 8.16. The molecule has 2 atom stereocenters. The smallest absolute Gasteiger partial charge is 0.227 e. The molecule has 1 saturated heterocycles. The highest BCUT2D eigenvalue weighted by atomic mass is 16.2. The maximum atomic E-state index is 12.0. The van der Waals surface area contributed by atoms with Crippen molar-refractivity contribution in [3.05, 3.63) is 30.1 Å². The van der Waals surface area contributed by atoms with E-state index in [9.17, 15) is 4.79 Å². The zero-order valence-electron chi connectivity index (χ0n) is 10.2. The average Bonchev–Trinajstić information content (AvgIpc) is 2.79. The topological polar surface area (TPSA) is 59.2 Å². The SMILES string of the molecule is CC(N)C1CCN(C(=O)Cc2cccnc2)C1. The second-order valence-corrected chi connectivity index (χ2v) is 4.79. The van der Waals surface area contributed by atoms with Gasteiger partial charge in [-0.15, -0.1) is 0 Å². The summed E-state index contributed by atoms with van der Waals surface area (Å²) in [5.41, 5.74) is 6.84. The van der Waals surface area contributed by atoms with Gasteiger partial charge in [0.2, 0.25) is 5.91 Å². The predicted octanol–water partition coefficient (Wildman–Crippen LogP) is 0.820. The summed E-state index contributed by atoms with van der Waals surface area (Å²) >= 11 is 0. The molecule has 2 N–H and O–H groups in total. The van der Waals surface area contributed by atoms with Gasteiger partial charge in [0.1, 0.15) is 0 Å². The summed E-state index contributed by atoms with van der Waals surface area (Å²) in [6.07, 6.45) is 4.93. The maximum Gasteiger partial charge on any atom is 0.227 e. The molecule has 1 aliphatic heterocycles. The number of aromatic nitrogens is 1. The number of nitrogens with zero attached hydrogens (tertiary/aromatic N) is 2. The van der Waals surface area contributed by atoms with Crippen molar-refractivity contribution in [2.45, 2.75) is 25.8 Å². The molecule has 1 aromatic rings. The second kappa shape index (κ2) is 5.27. The highest BCUT2D eigenvalue weighted by Gasteiger charge is 2.28. The normalized spacial score (nSPS) is 21.5. The lowest BCUT2D eigenvalue weighted by Crippen LogP contribution is -2.33. The van der Waals surface area contributed by atoms with Gasteiger partial charge in [-0.2, -0.15) is 0 Å². The second-order valence-electron chi connectivity index (χ2n) is 4.79. The third-order valence-corrected chi connectivity index (χ3v) is 3.40. The van der Waals surface area contributed by atoms with Crippen molar-refractivity contribution in [2.75, 3.05) is 13.1 Å². The molecule has 0 spiro atoms. The average molecular weight is 233 g/mol. The fourth-order valence-electron chi connectivity index (χ4n) is 2.23. The fraction of sp³-hybridized carbons (Fsp3) is 0.538. The van der Waals surface area contributed by atoms with E-state index in [0.717, 1.165) is 25.1 Å². The number of hydrogen-bond donors (Lipinski definition) is 1. The van der Waals surface area contributed by atoms with Crippen molar-refractivity contribution in [3.63, 3.8) is 0 Å². The third kappa shape index (κ3) is 3.03. The molecule has 1 aromatic heterocycles. The highest BCUT2D eigenvalue weighted by Crippen LogP contribution is 2.19. The molecule has 0 aliphatic carbocycles. The lowest BCUT2D eigenvalue weighted by atomic mass is 10.0. The van der Waals surface area contributed by atoms with E-state index in [1.165, 1.54) is 0 Å². The summed E-state index contributed by atoms with van der Waals surface area (Å²) in [5, 5.41) is 0. The summed E-state index contributed by atoms with van der Waals surface area (Å²) < 4.78 is 0. The molecule has 0 radical (unpaired) electrons. The van der Waals surface area contributed by atoms with Gasteiger partial charge in [-0.05, 0) is 30.9 Å². The zero-order valence-corrected chi connectivity index (χ0v) is 10.2. The van der Waals surface area contributed by atoms with Crippen molar-refractivity contribution in [2.24, 2.45) is 11.7 Å². The lowest BCUT2D eigenvalue weighted by molar-refractivity contribution is -0.129. The van der Waals surface area contributed by atoms with Crippen LogP contribution >= 0.6 is 0 Å². The Bertz CT molecular complexity index is 378. The molecule has 0 bridgehead atoms. The minimum Gasteiger partial charge on any atom is -0.342 e. The molecule has 0 saturated carbocycles. The molecule has 0 aromatic carbocycles. The Morgan fingerprint density at radius 1 is 1.71 bits per heavy atom. The largest absolute Gasteiger partial charge is 0.342 e. The van der Waals surface area contributed by atoms with Crippen LogP contribution in [0.5, 0.6) is 0 Å². The van der Waals surface area contributed by atoms with E-state index in [4.69, 9.17) is 5.73 Å². The molecule has 2 rings (SSSR count). The monoisotopic (exact) mass is 233 g/mol. The molecule has 2 unspecified atom stereocenters. The molecular weight excluding hydrogens is 214 g/mol. The first-order valence-corrected chi connectivity index (χ1v) is 6.09. The van der Waals surface area contributed by atoms with E-state index in [0.29, 0.717) is 12.3 Å². The number of pyridine rings is 1. The van der Waals surface area contributed by atoms with Crippen LogP contribution in [0.15, 0.2) is 24.5 Å². The van der Waals surface area contributed by atoms with Crippen molar-refractivity contribution >= 4 is 5.91 Å². The minimum absolute atomic E-state index is 0.172. The first-order valence-electron chi connectivity index (χ1n) is 6.09. The molecule has 17 heavy (non-hydrogen) atoms. The van der Waals surface area contributed by atoms with Crippen molar-refractivity contribution in [1.82, 2.24) is 9.88 Å². The number of likely N-dealkylation sites (tertiary alicyclic amines) is 1. The number of nitrogens with two attached hydrogens (primary N) is 1. The summed E-state index contributed by atoms with van der Waals surface area (Å²) in [5.74, 6) is 0.633. The molecule has 1 aliphatic rings.